The van der Waals surface area contributed by atoms with E-state index in [0.717, 1.165) is 5.75 Å². The summed E-state index contributed by atoms with van der Waals surface area (Å²) in [6.45, 7) is 11.1. The Morgan fingerprint density at radius 1 is 1.31 bits per heavy atom. The van der Waals surface area contributed by atoms with Crippen LogP contribution in [0.3, 0.4) is 0 Å². The number of rotatable bonds is 6. The first-order valence-corrected chi connectivity index (χ1v) is 5.88. The van der Waals surface area contributed by atoms with Crippen LogP contribution in [0, 0.1) is 0 Å². The second kappa shape index (κ2) is 5.89. The van der Waals surface area contributed by atoms with Crippen LogP contribution in [0.4, 0.5) is 0 Å². The van der Waals surface area contributed by atoms with Gasteiger partial charge in [0.1, 0.15) is 0 Å². The number of ether oxygens (including phenoxy) is 1. The quantitative estimate of drug-likeness (QED) is 0.722. The van der Waals surface area contributed by atoms with E-state index in [9.17, 15) is 0 Å². The molecule has 0 fully saturated rings. The Labute approximate surface area is 86.6 Å². The number of nitrogens with two attached hydrogens (primary N) is 1. The summed E-state index contributed by atoms with van der Waals surface area (Å²) >= 11 is 1.92. The summed E-state index contributed by atoms with van der Waals surface area (Å²) < 4.78 is 5.61. The lowest BCUT2D eigenvalue weighted by Gasteiger charge is -2.22. The highest BCUT2D eigenvalue weighted by Crippen LogP contribution is 2.12. The van der Waals surface area contributed by atoms with Gasteiger partial charge in [-0.05, 0) is 26.0 Å². The maximum Gasteiger partial charge on any atom is 0.0644 e. The van der Waals surface area contributed by atoms with Gasteiger partial charge in [0.15, 0.2) is 0 Å². The highest BCUT2D eigenvalue weighted by molar-refractivity contribution is 7.99. The van der Waals surface area contributed by atoms with Gasteiger partial charge in [-0.25, -0.2) is 0 Å². The van der Waals surface area contributed by atoms with Gasteiger partial charge in [-0.15, -0.1) is 0 Å². The van der Waals surface area contributed by atoms with Gasteiger partial charge < -0.3 is 10.5 Å². The molecule has 0 amide bonds. The van der Waals surface area contributed by atoms with Crippen molar-refractivity contribution in [3.8, 4) is 0 Å². The van der Waals surface area contributed by atoms with Crippen molar-refractivity contribution in [2.24, 2.45) is 5.73 Å². The van der Waals surface area contributed by atoms with Crippen molar-refractivity contribution in [2.75, 3.05) is 12.4 Å². The summed E-state index contributed by atoms with van der Waals surface area (Å²) in [4.78, 5) is 0. The molecular weight excluding hydrogens is 182 g/mol. The fraction of sp³-hybridized carbons (Fsp3) is 1.00. The van der Waals surface area contributed by atoms with E-state index < -0.39 is 0 Å². The third kappa shape index (κ3) is 10.2. The van der Waals surface area contributed by atoms with E-state index in [4.69, 9.17) is 10.5 Å². The van der Waals surface area contributed by atoms with Crippen molar-refractivity contribution in [3.05, 3.63) is 0 Å². The van der Waals surface area contributed by atoms with Crippen LogP contribution in [0.25, 0.3) is 0 Å². The first-order valence-electron chi connectivity index (χ1n) is 4.83. The lowest BCUT2D eigenvalue weighted by Crippen LogP contribution is -2.39. The molecule has 80 valence electrons. The van der Waals surface area contributed by atoms with Crippen LogP contribution in [-0.2, 0) is 4.74 Å². The summed E-state index contributed by atoms with van der Waals surface area (Å²) in [7, 11) is 0. The highest BCUT2D eigenvalue weighted by Gasteiger charge is 2.13. The maximum atomic E-state index is 5.81. The molecule has 0 aliphatic carbocycles. The van der Waals surface area contributed by atoms with Crippen molar-refractivity contribution in [1.82, 2.24) is 0 Å². The zero-order valence-electron chi connectivity index (χ0n) is 9.46. The summed E-state index contributed by atoms with van der Waals surface area (Å²) in [5.74, 6) is 1.05. The van der Waals surface area contributed by atoms with Crippen LogP contribution < -0.4 is 5.73 Å². The van der Waals surface area contributed by atoms with Crippen molar-refractivity contribution in [3.63, 3.8) is 0 Å². The predicted octanol–water partition coefficient (Wildman–Crippen LogP) is 2.27. The van der Waals surface area contributed by atoms with Crippen molar-refractivity contribution in [1.29, 1.82) is 0 Å². The molecule has 0 aliphatic heterocycles. The number of thioether (sulfide) groups is 1. The Kier molecular flexibility index (Phi) is 6.01. The summed E-state index contributed by atoms with van der Waals surface area (Å²) in [6.07, 6.45) is 0.301. The minimum Gasteiger partial charge on any atom is -0.376 e. The van der Waals surface area contributed by atoms with E-state index in [1.54, 1.807) is 0 Å². The van der Waals surface area contributed by atoms with Crippen LogP contribution in [0.1, 0.15) is 34.6 Å². The molecule has 1 atom stereocenters. The van der Waals surface area contributed by atoms with E-state index in [1.165, 1.54) is 0 Å². The number of hydrogen-bond acceptors (Lipinski definition) is 3. The van der Waals surface area contributed by atoms with Gasteiger partial charge in [-0.1, -0.05) is 13.8 Å². The SMILES string of the molecule is CC(CSC(C)C)OCC(C)(C)N. The fourth-order valence-corrected chi connectivity index (χ4v) is 1.49. The molecule has 0 bridgehead atoms. The highest BCUT2D eigenvalue weighted by atomic mass is 32.2. The molecule has 0 aromatic rings. The molecule has 0 aromatic heterocycles. The molecule has 0 rings (SSSR count). The third-order valence-corrected chi connectivity index (χ3v) is 2.73. The van der Waals surface area contributed by atoms with E-state index in [1.807, 2.05) is 25.6 Å². The number of hydrogen-bond donors (Lipinski definition) is 1. The molecule has 0 aromatic carbocycles. The van der Waals surface area contributed by atoms with Crippen molar-refractivity contribution >= 4 is 11.8 Å². The first-order chi connectivity index (χ1) is 5.81. The van der Waals surface area contributed by atoms with Crippen LogP contribution in [0.2, 0.25) is 0 Å². The summed E-state index contributed by atoms with van der Waals surface area (Å²) in [5.41, 5.74) is 5.60. The van der Waals surface area contributed by atoms with E-state index >= 15 is 0 Å². The molecule has 0 heterocycles. The van der Waals surface area contributed by atoms with Gasteiger partial charge in [0.25, 0.3) is 0 Å². The van der Waals surface area contributed by atoms with Crippen molar-refractivity contribution < 1.29 is 4.74 Å². The minimum absolute atomic E-state index is 0.212. The van der Waals surface area contributed by atoms with Gasteiger partial charge in [0.2, 0.25) is 0 Å². The van der Waals surface area contributed by atoms with Gasteiger partial charge >= 0.3 is 0 Å². The molecule has 1 unspecified atom stereocenters. The lowest BCUT2D eigenvalue weighted by atomic mass is 10.1. The molecule has 13 heavy (non-hydrogen) atoms. The van der Waals surface area contributed by atoms with Crippen molar-refractivity contribution in [2.45, 2.75) is 51.5 Å². The molecule has 0 saturated heterocycles. The van der Waals surface area contributed by atoms with Gasteiger partial charge in [0.05, 0.1) is 12.7 Å². The van der Waals surface area contributed by atoms with E-state index in [0.29, 0.717) is 18.0 Å². The Morgan fingerprint density at radius 2 is 1.85 bits per heavy atom. The third-order valence-electron chi connectivity index (χ3n) is 1.40. The van der Waals surface area contributed by atoms with Crippen LogP contribution >= 0.6 is 11.8 Å². The molecule has 2 N–H and O–H groups in total. The van der Waals surface area contributed by atoms with E-state index in [2.05, 4.69) is 20.8 Å². The van der Waals surface area contributed by atoms with Gasteiger partial charge in [0, 0.05) is 11.3 Å². The molecule has 0 spiro atoms. The second-order valence-electron chi connectivity index (χ2n) is 4.49. The largest absolute Gasteiger partial charge is 0.376 e. The Bertz CT molecular complexity index is 131. The molecular formula is C10H23NOS. The topological polar surface area (TPSA) is 35.2 Å². The van der Waals surface area contributed by atoms with Crippen LogP contribution in [0.15, 0.2) is 0 Å². The average molecular weight is 205 g/mol. The average Bonchev–Trinajstić information content (AvgIpc) is 1.95. The zero-order chi connectivity index (χ0) is 10.5. The standard InChI is InChI=1S/C10H23NOS/c1-8(2)13-6-9(3)12-7-10(4,5)11/h8-9H,6-7,11H2,1-5H3. The zero-order valence-corrected chi connectivity index (χ0v) is 10.3. The molecule has 0 saturated carbocycles. The minimum atomic E-state index is -0.212. The van der Waals surface area contributed by atoms with Gasteiger partial charge in [-0.3, -0.25) is 0 Å². The Morgan fingerprint density at radius 3 is 2.23 bits per heavy atom. The first kappa shape index (κ1) is 13.3. The second-order valence-corrected chi connectivity index (χ2v) is 6.10. The fourth-order valence-electron chi connectivity index (χ4n) is 0.733. The Hall–Kier alpha value is 0.270. The maximum absolute atomic E-state index is 5.81. The molecule has 0 aliphatic rings. The smallest absolute Gasteiger partial charge is 0.0644 e. The lowest BCUT2D eigenvalue weighted by molar-refractivity contribution is 0.0523. The molecule has 3 heteroatoms. The van der Waals surface area contributed by atoms with Gasteiger partial charge in [-0.2, -0.15) is 11.8 Å². The summed E-state index contributed by atoms with van der Waals surface area (Å²) in [6, 6.07) is 0. The van der Waals surface area contributed by atoms with Crippen LogP contribution in [0.5, 0.6) is 0 Å². The normalized spacial score (nSPS) is 15.0. The van der Waals surface area contributed by atoms with E-state index in [-0.39, 0.29) is 5.54 Å². The van der Waals surface area contributed by atoms with Crippen LogP contribution in [-0.4, -0.2) is 29.3 Å². The molecule has 0 radical (unpaired) electrons. The molecule has 2 nitrogen and oxygen atoms in total. The summed E-state index contributed by atoms with van der Waals surface area (Å²) in [5, 5.41) is 0.678. The Balaban J connectivity index is 3.46. The predicted molar refractivity (Wildman–Crippen MR) is 61.3 cm³/mol. The monoisotopic (exact) mass is 205 g/mol.